The first kappa shape index (κ1) is 14.1. The first-order chi connectivity index (χ1) is 10.1. The van der Waals surface area contributed by atoms with Gasteiger partial charge in [-0.2, -0.15) is 0 Å². The van der Waals surface area contributed by atoms with Gasteiger partial charge in [0.25, 0.3) is 5.91 Å². The van der Waals surface area contributed by atoms with Gasteiger partial charge in [0, 0.05) is 23.8 Å². The van der Waals surface area contributed by atoms with Crippen LogP contribution in [0.1, 0.15) is 42.5 Å². The Hall–Kier alpha value is -1.88. The molecule has 4 N–H and O–H groups in total. The van der Waals surface area contributed by atoms with Crippen LogP contribution in [0.25, 0.3) is 0 Å². The van der Waals surface area contributed by atoms with E-state index in [-0.39, 0.29) is 17.2 Å². The third kappa shape index (κ3) is 2.93. The Morgan fingerprint density at radius 2 is 1.86 bits per heavy atom. The molecule has 21 heavy (non-hydrogen) atoms. The molecule has 0 aliphatic heterocycles. The second kappa shape index (κ2) is 5.48. The molecule has 2 saturated carbocycles. The molecule has 2 amide bonds. The number of benzene rings is 1. The van der Waals surface area contributed by atoms with Gasteiger partial charge in [-0.1, -0.05) is 6.42 Å². The van der Waals surface area contributed by atoms with Crippen LogP contribution < -0.4 is 16.4 Å². The average Bonchev–Trinajstić information content (AvgIpc) is 3.23. The molecule has 0 spiro atoms. The number of anilines is 1. The number of carbonyl (C=O) groups excluding carboxylic acids is 2. The number of nitrogens with two attached hydrogens (primary N) is 1. The summed E-state index contributed by atoms with van der Waals surface area (Å²) < 4.78 is 0. The van der Waals surface area contributed by atoms with Crippen LogP contribution in [0.15, 0.2) is 24.3 Å². The number of hydrogen-bond donors (Lipinski definition) is 3. The highest BCUT2D eigenvalue weighted by Gasteiger charge is 2.42. The van der Waals surface area contributed by atoms with Gasteiger partial charge in [-0.25, -0.2) is 0 Å². The molecule has 0 saturated heterocycles. The molecule has 0 atom stereocenters. The number of rotatable bonds is 5. The van der Waals surface area contributed by atoms with E-state index >= 15 is 0 Å². The first-order valence-corrected chi connectivity index (χ1v) is 7.55. The van der Waals surface area contributed by atoms with Crippen molar-refractivity contribution >= 4 is 17.5 Å². The fourth-order valence-electron chi connectivity index (χ4n) is 2.59. The smallest absolute Gasteiger partial charge is 0.251 e. The highest BCUT2D eigenvalue weighted by molar-refractivity contribution is 5.98. The predicted octanol–water partition coefficient (Wildman–Crippen LogP) is 1.65. The van der Waals surface area contributed by atoms with Crippen LogP contribution in [0, 0.1) is 5.41 Å². The summed E-state index contributed by atoms with van der Waals surface area (Å²) in [5.74, 6) is -0.0563. The third-order valence-electron chi connectivity index (χ3n) is 4.50. The van der Waals surface area contributed by atoms with Crippen molar-refractivity contribution in [3.63, 3.8) is 0 Å². The van der Waals surface area contributed by atoms with Gasteiger partial charge in [0.15, 0.2) is 0 Å². The van der Waals surface area contributed by atoms with Gasteiger partial charge in [-0.15, -0.1) is 0 Å². The Bertz CT molecular complexity index is 540. The highest BCUT2D eigenvalue weighted by atomic mass is 16.2. The minimum Gasteiger partial charge on any atom is -0.349 e. The van der Waals surface area contributed by atoms with Crippen molar-refractivity contribution in [3.05, 3.63) is 29.8 Å². The lowest BCUT2D eigenvalue weighted by Crippen LogP contribution is -2.47. The second-order valence-corrected chi connectivity index (χ2v) is 6.12. The summed E-state index contributed by atoms with van der Waals surface area (Å²) >= 11 is 0. The van der Waals surface area contributed by atoms with E-state index < -0.39 is 0 Å². The third-order valence-corrected chi connectivity index (χ3v) is 4.50. The monoisotopic (exact) mass is 287 g/mol. The Kier molecular flexibility index (Phi) is 3.68. The van der Waals surface area contributed by atoms with Crippen LogP contribution >= 0.6 is 0 Å². The van der Waals surface area contributed by atoms with Crippen LogP contribution in [-0.2, 0) is 4.79 Å². The molecule has 2 aliphatic carbocycles. The molecular weight excluding hydrogens is 266 g/mol. The van der Waals surface area contributed by atoms with Gasteiger partial charge in [0.1, 0.15) is 0 Å². The molecule has 3 rings (SSSR count). The summed E-state index contributed by atoms with van der Waals surface area (Å²) in [4.78, 5) is 24.1. The summed E-state index contributed by atoms with van der Waals surface area (Å²) in [6.07, 6.45) is 4.92. The van der Waals surface area contributed by atoms with Gasteiger partial charge in [-0.05, 0) is 49.9 Å². The van der Waals surface area contributed by atoms with E-state index in [1.807, 2.05) is 0 Å². The van der Waals surface area contributed by atoms with Crippen LogP contribution in [0.5, 0.6) is 0 Å². The van der Waals surface area contributed by atoms with Crippen LogP contribution in [-0.4, -0.2) is 24.4 Å². The van der Waals surface area contributed by atoms with Gasteiger partial charge < -0.3 is 16.4 Å². The molecule has 0 heterocycles. The Morgan fingerprint density at radius 1 is 1.19 bits per heavy atom. The maximum atomic E-state index is 12.2. The van der Waals surface area contributed by atoms with Crippen molar-refractivity contribution in [2.45, 2.75) is 38.1 Å². The molecule has 0 unspecified atom stereocenters. The molecule has 2 aliphatic rings. The minimum absolute atomic E-state index is 0.00793. The molecule has 5 heteroatoms. The second-order valence-electron chi connectivity index (χ2n) is 6.12. The zero-order valence-corrected chi connectivity index (χ0v) is 12.0. The zero-order chi connectivity index (χ0) is 14.9. The van der Waals surface area contributed by atoms with E-state index in [9.17, 15) is 9.59 Å². The molecule has 2 fully saturated rings. The number of amides is 2. The Labute approximate surface area is 124 Å². The van der Waals surface area contributed by atoms with E-state index in [2.05, 4.69) is 10.6 Å². The number of carbonyl (C=O) groups is 2. The van der Waals surface area contributed by atoms with Gasteiger partial charge in [0.05, 0.1) is 5.41 Å². The standard InChI is InChI=1S/C16H21N3O2/c17-10-16(8-1-9-16)15(21)19-13-4-2-11(3-5-13)14(20)18-12-6-7-12/h2-5,12H,1,6-10,17H2,(H,18,20)(H,19,21). The molecular formula is C16H21N3O2. The maximum Gasteiger partial charge on any atom is 0.251 e. The Balaban J connectivity index is 1.61. The number of nitrogens with one attached hydrogen (secondary N) is 2. The zero-order valence-electron chi connectivity index (χ0n) is 12.0. The number of hydrogen-bond acceptors (Lipinski definition) is 3. The fourth-order valence-corrected chi connectivity index (χ4v) is 2.59. The van der Waals surface area contributed by atoms with Gasteiger partial charge in [-0.3, -0.25) is 9.59 Å². The van der Waals surface area contributed by atoms with Crippen molar-refractivity contribution in [2.24, 2.45) is 11.1 Å². The van der Waals surface area contributed by atoms with Crippen molar-refractivity contribution in [3.8, 4) is 0 Å². The summed E-state index contributed by atoms with van der Waals surface area (Å²) in [5.41, 5.74) is 6.67. The molecule has 1 aromatic carbocycles. The molecule has 5 nitrogen and oxygen atoms in total. The lowest BCUT2D eigenvalue weighted by Gasteiger charge is -2.39. The normalized spacial score (nSPS) is 19.5. The van der Waals surface area contributed by atoms with Crippen molar-refractivity contribution < 1.29 is 9.59 Å². The minimum atomic E-state index is -0.387. The van der Waals surface area contributed by atoms with Gasteiger partial charge >= 0.3 is 0 Å². The van der Waals surface area contributed by atoms with Crippen molar-refractivity contribution in [1.29, 1.82) is 0 Å². The van der Waals surface area contributed by atoms with Crippen molar-refractivity contribution in [2.75, 3.05) is 11.9 Å². The molecule has 0 aromatic heterocycles. The summed E-state index contributed by atoms with van der Waals surface area (Å²) in [6, 6.07) is 7.36. The van der Waals surface area contributed by atoms with E-state index in [4.69, 9.17) is 5.73 Å². The van der Waals surface area contributed by atoms with Crippen LogP contribution in [0.4, 0.5) is 5.69 Å². The Morgan fingerprint density at radius 3 is 2.33 bits per heavy atom. The quantitative estimate of drug-likeness (QED) is 0.770. The molecule has 0 bridgehead atoms. The fraction of sp³-hybridized carbons (Fsp3) is 0.500. The van der Waals surface area contributed by atoms with E-state index in [0.29, 0.717) is 23.8 Å². The summed E-state index contributed by atoms with van der Waals surface area (Å²) in [7, 11) is 0. The average molecular weight is 287 g/mol. The van der Waals surface area contributed by atoms with E-state index in [1.54, 1.807) is 24.3 Å². The first-order valence-electron chi connectivity index (χ1n) is 7.55. The lowest BCUT2D eigenvalue weighted by molar-refractivity contribution is -0.129. The van der Waals surface area contributed by atoms with E-state index in [0.717, 1.165) is 32.1 Å². The lowest BCUT2D eigenvalue weighted by atomic mass is 9.68. The summed E-state index contributed by atoms with van der Waals surface area (Å²) in [5, 5.41) is 5.84. The molecule has 0 radical (unpaired) electrons. The maximum absolute atomic E-state index is 12.2. The van der Waals surface area contributed by atoms with Crippen LogP contribution in [0.2, 0.25) is 0 Å². The highest BCUT2D eigenvalue weighted by Crippen LogP contribution is 2.40. The SMILES string of the molecule is NCC1(C(=O)Nc2ccc(C(=O)NC3CC3)cc2)CCC1. The van der Waals surface area contributed by atoms with E-state index in [1.165, 1.54) is 0 Å². The molecule has 112 valence electrons. The molecule has 1 aromatic rings. The van der Waals surface area contributed by atoms with Crippen LogP contribution in [0.3, 0.4) is 0 Å². The van der Waals surface area contributed by atoms with Crippen molar-refractivity contribution in [1.82, 2.24) is 5.32 Å². The predicted molar refractivity (Wildman–Crippen MR) is 80.9 cm³/mol. The summed E-state index contributed by atoms with van der Waals surface area (Å²) in [6.45, 7) is 0.390. The van der Waals surface area contributed by atoms with Gasteiger partial charge in [0.2, 0.25) is 5.91 Å². The largest absolute Gasteiger partial charge is 0.349 e. The topological polar surface area (TPSA) is 84.2 Å².